The number of hydrogen-bond acceptors (Lipinski definition) is 2. The van der Waals surface area contributed by atoms with E-state index in [0.717, 1.165) is 18.5 Å². The summed E-state index contributed by atoms with van der Waals surface area (Å²) < 4.78 is 1.73. The zero-order valence-electron chi connectivity index (χ0n) is 12.5. The molecule has 2 aromatic heterocycles. The fourth-order valence-electron chi connectivity index (χ4n) is 2.48. The van der Waals surface area contributed by atoms with E-state index in [9.17, 15) is 4.79 Å². The highest BCUT2D eigenvalue weighted by Crippen LogP contribution is 2.21. The number of aromatic nitrogens is 2. The van der Waals surface area contributed by atoms with E-state index in [1.807, 2.05) is 0 Å². The number of benzene rings is 1. The molecule has 0 saturated carbocycles. The van der Waals surface area contributed by atoms with E-state index < -0.39 is 0 Å². The predicted molar refractivity (Wildman–Crippen MR) is 93.6 cm³/mol. The van der Waals surface area contributed by atoms with E-state index in [4.69, 9.17) is 23.2 Å². The van der Waals surface area contributed by atoms with Crippen LogP contribution in [-0.4, -0.2) is 15.3 Å². The number of fused-ring (bicyclic) bond motifs is 1. The van der Waals surface area contributed by atoms with Gasteiger partial charge in [-0.1, -0.05) is 42.6 Å². The van der Waals surface area contributed by atoms with E-state index in [2.05, 4.69) is 17.2 Å². The lowest BCUT2D eigenvalue weighted by molar-refractivity contribution is 0.102. The van der Waals surface area contributed by atoms with E-state index in [0.29, 0.717) is 27.1 Å². The molecule has 3 aromatic rings. The molecule has 1 amide bonds. The van der Waals surface area contributed by atoms with E-state index in [1.54, 1.807) is 47.0 Å². The van der Waals surface area contributed by atoms with Gasteiger partial charge >= 0.3 is 0 Å². The van der Waals surface area contributed by atoms with Crippen LogP contribution in [0.3, 0.4) is 0 Å². The first-order chi connectivity index (χ1) is 11.1. The summed E-state index contributed by atoms with van der Waals surface area (Å²) in [6, 6.07) is 10.6. The van der Waals surface area contributed by atoms with Crippen LogP contribution in [0.5, 0.6) is 0 Å². The lowest BCUT2D eigenvalue weighted by atomic mass is 10.2. The summed E-state index contributed by atoms with van der Waals surface area (Å²) in [5, 5.41) is 3.99. The fourth-order valence-corrected chi connectivity index (χ4v) is 2.83. The standard InChI is InChI=1S/C17H15Cl2N3O/c1-2-4-14-16(22-10-12(19)7-8-15(22)21-14)17(23)20-13-6-3-5-11(18)9-13/h3,5-10H,2,4H2,1H3,(H,20,23). The van der Waals surface area contributed by atoms with Gasteiger partial charge in [-0.25, -0.2) is 4.98 Å². The van der Waals surface area contributed by atoms with Crippen LogP contribution in [-0.2, 0) is 6.42 Å². The second-order valence-corrected chi connectivity index (χ2v) is 6.07. The van der Waals surface area contributed by atoms with Crippen LogP contribution in [0.25, 0.3) is 5.65 Å². The molecule has 118 valence electrons. The van der Waals surface area contributed by atoms with Gasteiger partial charge in [0.25, 0.3) is 5.91 Å². The summed E-state index contributed by atoms with van der Waals surface area (Å²) >= 11 is 12.0. The maximum atomic E-state index is 12.7. The first kappa shape index (κ1) is 15.8. The molecule has 23 heavy (non-hydrogen) atoms. The Morgan fingerprint density at radius 1 is 1.22 bits per heavy atom. The lowest BCUT2D eigenvalue weighted by Crippen LogP contribution is -2.16. The van der Waals surface area contributed by atoms with Crippen molar-refractivity contribution in [3.63, 3.8) is 0 Å². The molecule has 0 aliphatic carbocycles. The van der Waals surface area contributed by atoms with Crippen molar-refractivity contribution in [3.05, 3.63) is 64.0 Å². The zero-order chi connectivity index (χ0) is 16.4. The third-order valence-electron chi connectivity index (χ3n) is 3.44. The average Bonchev–Trinajstić information content (AvgIpc) is 2.85. The summed E-state index contributed by atoms with van der Waals surface area (Å²) in [4.78, 5) is 17.3. The van der Waals surface area contributed by atoms with Gasteiger partial charge in [-0.05, 0) is 36.8 Å². The number of nitrogens with one attached hydrogen (secondary N) is 1. The van der Waals surface area contributed by atoms with Gasteiger partial charge in [0.15, 0.2) is 0 Å². The Hall–Kier alpha value is -2.04. The Balaban J connectivity index is 2.04. The summed E-state index contributed by atoms with van der Waals surface area (Å²) in [6.45, 7) is 2.05. The molecule has 4 nitrogen and oxygen atoms in total. The van der Waals surface area contributed by atoms with Gasteiger partial charge in [0, 0.05) is 16.9 Å². The molecular formula is C17H15Cl2N3O. The molecule has 1 aromatic carbocycles. The second-order valence-electron chi connectivity index (χ2n) is 5.20. The van der Waals surface area contributed by atoms with Crippen LogP contribution >= 0.6 is 23.2 Å². The lowest BCUT2D eigenvalue weighted by Gasteiger charge is -2.07. The number of hydrogen-bond donors (Lipinski definition) is 1. The Morgan fingerprint density at radius 3 is 2.78 bits per heavy atom. The predicted octanol–water partition coefficient (Wildman–Crippen LogP) is 4.85. The van der Waals surface area contributed by atoms with Gasteiger partial charge in [-0.15, -0.1) is 0 Å². The van der Waals surface area contributed by atoms with Crippen molar-refractivity contribution in [2.75, 3.05) is 5.32 Å². The number of carbonyl (C=O) groups is 1. The average molecular weight is 348 g/mol. The Bertz CT molecular complexity index is 873. The minimum absolute atomic E-state index is 0.231. The maximum Gasteiger partial charge on any atom is 0.274 e. The molecule has 0 saturated heterocycles. The smallest absolute Gasteiger partial charge is 0.274 e. The van der Waals surface area contributed by atoms with Crippen molar-refractivity contribution in [1.29, 1.82) is 0 Å². The Kier molecular flexibility index (Phi) is 4.55. The molecule has 0 radical (unpaired) electrons. The molecule has 0 unspecified atom stereocenters. The van der Waals surface area contributed by atoms with Gasteiger partial charge in [0.1, 0.15) is 11.3 Å². The van der Waals surface area contributed by atoms with Crippen LogP contribution in [0, 0.1) is 0 Å². The van der Waals surface area contributed by atoms with Gasteiger partial charge in [0.2, 0.25) is 0 Å². The first-order valence-electron chi connectivity index (χ1n) is 7.32. The van der Waals surface area contributed by atoms with Gasteiger partial charge < -0.3 is 5.32 Å². The minimum Gasteiger partial charge on any atom is -0.321 e. The van der Waals surface area contributed by atoms with Crippen LogP contribution in [0.1, 0.15) is 29.5 Å². The Labute approximate surface area is 144 Å². The third-order valence-corrected chi connectivity index (χ3v) is 3.90. The van der Waals surface area contributed by atoms with Crippen molar-refractivity contribution in [2.24, 2.45) is 0 Å². The summed E-state index contributed by atoms with van der Waals surface area (Å²) in [7, 11) is 0. The van der Waals surface area contributed by atoms with Gasteiger partial charge in [0.05, 0.1) is 10.7 Å². The van der Waals surface area contributed by atoms with Crippen LogP contribution < -0.4 is 5.32 Å². The van der Waals surface area contributed by atoms with Crippen molar-refractivity contribution in [1.82, 2.24) is 9.38 Å². The molecule has 0 aliphatic rings. The number of rotatable bonds is 4. The highest BCUT2D eigenvalue weighted by molar-refractivity contribution is 6.31. The van der Waals surface area contributed by atoms with E-state index >= 15 is 0 Å². The molecule has 1 N–H and O–H groups in total. The number of nitrogens with zero attached hydrogens (tertiary/aromatic N) is 2. The number of imidazole rings is 1. The van der Waals surface area contributed by atoms with Crippen LogP contribution in [0.2, 0.25) is 10.0 Å². The molecule has 0 bridgehead atoms. The molecule has 0 spiro atoms. The van der Waals surface area contributed by atoms with E-state index in [1.165, 1.54) is 0 Å². The molecule has 6 heteroatoms. The number of anilines is 1. The zero-order valence-corrected chi connectivity index (χ0v) is 14.0. The molecule has 3 rings (SSSR count). The van der Waals surface area contributed by atoms with Gasteiger partial charge in [-0.2, -0.15) is 0 Å². The molecule has 0 fully saturated rings. The quantitative estimate of drug-likeness (QED) is 0.733. The summed E-state index contributed by atoms with van der Waals surface area (Å²) in [5.41, 5.74) is 2.61. The topological polar surface area (TPSA) is 46.4 Å². The van der Waals surface area contributed by atoms with Crippen LogP contribution in [0.15, 0.2) is 42.6 Å². The third kappa shape index (κ3) is 3.33. The first-order valence-corrected chi connectivity index (χ1v) is 8.07. The number of amides is 1. The maximum absolute atomic E-state index is 12.7. The highest BCUT2D eigenvalue weighted by atomic mass is 35.5. The largest absolute Gasteiger partial charge is 0.321 e. The van der Waals surface area contributed by atoms with E-state index in [-0.39, 0.29) is 5.91 Å². The number of aryl methyl sites for hydroxylation is 1. The normalized spacial score (nSPS) is 10.9. The van der Waals surface area contributed by atoms with Gasteiger partial charge in [-0.3, -0.25) is 9.20 Å². The van der Waals surface area contributed by atoms with Crippen LogP contribution in [0.4, 0.5) is 5.69 Å². The molecule has 0 atom stereocenters. The highest BCUT2D eigenvalue weighted by Gasteiger charge is 2.19. The monoisotopic (exact) mass is 347 g/mol. The fraction of sp³-hybridized carbons (Fsp3) is 0.176. The SMILES string of the molecule is CCCc1nc2ccc(Cl)cn2c1C(=O)Nc1cccc(Cl)c1. The summed E-state index contributed by atoms with van der Waals surface area (Å²) in [6.07, 6.45) is 3.32. The van der Waals surface area contributed by atoms with Crippen molar-refractivity contribution >= 4 is 40.4 Å². The number of pyridine rings is 1. The number of carbonyl (C=O) groups excluding carboxylic acids is 1. The minimum atomic E-state index is -0.231. The van der Waals surface area contributed by atoms with Crippen molar-refractivity contribution in [2.45, 2.75) is 19.8 Å². The van der Waals surface area contributed by atoms with Crippen molar-refractivity contribution < 1.29 is 4.79 Å². The number of halogens is 2. The second kappa shape index (κ2) is 6.60. The molecular weight excluding hydrogens is 333 g/mol. The molecule has 2 heterocycles. The molecule has 0 aliphatic heterocycles. The Morgan fingerprint density at radius 2 is 2.04 bits per heavy atom. The summed E-state index contributed by atoms with van der Waals surface area (Å²) in [5.74, 6) is -0.231. The van der Waals surface area contributed by atoms with Crippen molar-refractivity contribution in [3.8, 4) is 0 Å².